The molecule has 1 heterocycles. The molecule has 3 N–H and O–H groups in total. The summed E-state index contributed by atoms with van der Waals surface area (Å²) < 4.78 is 63.1. The molecule has 0 aliphatic carbocycles. The lowest BCUT2D eigenvalue weighted by Crippen LogP contribution is -2.56. The maximum absolute atomic E-state index is 13.2. The van der Waals surface area contributed by atoms with Gasteiger partial charge in [-0.3, -0.25) is 4.79 Å². The number of aromatic nitrogens is 2. The maximum atomic E-state index is 13.2. The molecule has 0 aliphatic heterocycles. The normalized spacial score (nSPS) is 16.3. The number of aliphatic carboxylic acids is 1. The van der Waals surface area contributed by atoms with Gasteiger partial charge in [-0.05, 0) is 0 Å². The number of carboxylic acids is 1. The molecule has 0 aliphatic rings. The van der Waals surface area contributed by atoms with E-state index < -0.39 is 35.9 Å². The number of carboxylic acid groups (broad SMARTS) is 1. The van der Waals surface area contributed by atoms with Crippen molar-refractivity contribution in [2.75, 3.05) is 0 Å². The summed E-state index contributed by atoms with van der Waals surface area (Å²) in [6.07, 6.45) is -6.28. The predicted molar refractivity (Wildman–Crippen MR) is 45.7 cm³/mol. The van der Waals surface area contributed by atoms with Gasteiger partial charge in [0, 0.05) is 12.4 Å². The van der Waals surface area contributed by atoms with Crippen LogP contribution in [-0.2, 0) is 10.4 Å². The molecule has 0 fully saturated rings. The van der Waals surface area contributed by atoms with E-state index in [9.17, 15) is 31.9 Å². The van der Waals surface area contributed by atoms with Gasteiger partial charge in [0.1, 0.15) is 5.82 Å². The largest absolute Gasteiger partial charge is 0.481 e. The molecule has 1 rings (SSSR count). The number of halogens is 5. The van der Waals surface area contributed by atoms with Gasteiger partial charge in [0.15, 0.2) is 0 Å². The monoisotopic (exact) mass is 274 g/mol. The van der Waals surface area contributed by atoms with E-state index in [2.05, 4.69) is 4.98 Å². The first-order valence-corrected chi connectivity index (χ1v) is 4.41. The van der Waals surface area contributed by atoms with E-state index in [0.717, 1.165) is 12.4 Å². The second kappa shape index (κ2) is 4.19. The molecule has 0 saturated carbocycles. The molecule has 0 spiro atoms. The summed E-state index contributed by atoms with van der Waals surface area (Å²) in [6, 6.07) is 0. The topological polar surface area (TPSA) is 86.2 Å². The van der Waals surface area contributed by atoms with Crippen molar-refractivity contribution in [3.05, 3.63) is 18.2 Å². The maximum Gasteiger partial charge on any atom is 0.456 e. The third kappa shape index (κ3) is 2.15. The fraction of sp³-hybridized carbons (Fsp3) is 0.500. The van der Waals surface area contributed by atoms with Crippen LogP contribution < -0.4 is 0 Å². The lowest BCUT2D eigenvalue weighted by molar-refractivity contribution is -0.348. The van der Waals surface area contributed by atoms with Crippen LogP contribution in [0.25, 0.3) is 0 Å². The van der Waals surface area contributed by atoms with Gasteiger partial charge in [0.2, 0.25) is 5.60 Å². The molecule has 0 radical (unpaired) electrons. The fourth-order valence-electron chi connectivity index (χ4n) is 1.29. The molecule has 1 aromatic rings. The Hall–Kier alpha value is -1.71. The minimum absolute atomic E-state index is 0.814. The average Bonchev–Trinajstić information content (AvgIpc) is 2.66. The van der Waals surface area contributed by atoms with Crippen molar-refractivity contribution < 1.29 is 37.0 Å². The van der Waals surface area contributed by atoms with Crippen LogP contribution in [0.3, 0.4) is 0 Å². The number of H-pyrrole nitrogens is 1. The number of rotatable bonds is 4. The van der Waals surface area contributed by atoms with Crippen molar-refractivity contribution in [3.63, 3.8) is 0 Å². The zero-order valence-electron chi connectivity index (χ0n) is 8.50. The van der Waals surface area contributed by atoms with E-state index in [1.165, 1.54) is 0 Å². The summed E-state index contributed by atoms with van der Waals surface area (Å²) in [4.78, 5) is 15.3. The van der Waals surface area contributed by atoms with Gasteiger partial charge in [-0.25, -0.2) is 4.98 Å². The molecule has 5 nitrogen and oxygen atoms in total. The Bertz CT molecular complexity index is 430. The molecular formula is C8H7F5N2O3. The minimum Gasteiger partial charge on any atom is -0.481 e. The molecule has 102 valence electrons. The van der Waals surface area contributed by atoms with Gasteiger partial charge in [-0.15, -0.1) is 0 Å². The quantitative estimate of drug-likeness (QED) is 0.722. The highest BCUT2D eigenvalue weighted by Gasteiger charge is 2.72. The molecule has 0 saturated heterocycles. The highest BCUT2D eigenvalue weighted by molar-refractivity contribution is 5.68. The number of carbonyl (C=O) groups is 1. The van der Waals surface area contributed by atoms with E-state index in [4.69, 9.17) is 5.11 Å². The molecule has 1 aromatic heterocycles. The van der Waals surface area contributed by atoms with E-state index >= 15 is 0 Å². The van der Waals surface area contributed by atoms with Crippen molar-refractivity contribution >= 4 is 5.97 Å². The van der Waals surface area contributed by atoms with Crippen molar-refractivity contribution in [1.29, 1.82) is 0 Å². The third-order valence-corrected chi connectivity index (χ3v) is 2.17. The Morgan fingerprint density at radius 2 is 1.89 bits per heavy atom. The zero-order chi connectivity index (χ0) is 14.2. The number of hydrogen-bond donors (Lipinski definition) is 3. The van der Waals surface area contributed by atoms with E-state index in [1.54, 1.807) is 0 Å². The Kier molecular flexibility index (Phi) is 3.34. The summed E-state index contributed by atoms with van der Waals surface area (Å²) >= 11 is 0. The van der Waals surface area contributed by atoms with Crippen LogP contribution >= 0.6 is 0 Å². The number of aliphatic hydroxyl groups is 1. The van der Waals surface area contributed by atoms with Crippen LogP contribution in [0, 0.1) is 0 Å². The van der Waals surface area contributed by atoms with Crippen LogP contribution in [0.15, 0.2) is 12.4 Å². The van der Waals surface area contributed by atoms with Crippen LogP contribution in [0.2, 0.25) is 0 Å². The standard InChI is InChI=1S/C8H7F5N2O3/c9-7(10,8(11,12)13)6(18,3-4(16)17)5-14-1-2-15-5/h1-2,18H,3H2,(H,14,15)(H,16,17)/t6-/m0/s1. The average molecular weight is 274 g/mol. The molecule has 10 heteroatoms. The predicted octanol–water partition coefficient (Wildman–Crippen LogP) is 1.27. The van der Waals surface area contributed by atoms with Gasteiger partial charge >= 0.3 is 18.1 Å². The van der Waals surface area contributed by atoms with Gasteiger partial charge in [0.05, 0.1) is 6.42 Å². The SMILES string of the molecule is O=C(O)C[C@](O)(c1ncc[nH]1)C(F)(F)C(F)(F)F. The van der Waals surface area contributed by atoms with Crippen LogP contribution in [-0.4, -0.2) is 38.2 Å². The van der Waals surface area contributed by atoms with Crippen molar-refractivity contribution in [1.82, 2.24) is 9.97 Å². The molecule has 0 unspecified atom stereocenters. The second-order valence-electron chi connectivity index (χ2n) is 3.44. The van der Waals surface area contributed by atoms with Crippen LogP contribution in [0.1, 0.15) is 12.2 Å². The third-order valence-electron chi connectivity index (χ3n) is 2.17. The van der Waals surface area contributed by atoms with E-state index in [1.807, 2.05) is 4.98 Å². The molecule has 18 heavy (non-hydrogen) atoms. The summed E-state index contributed by atoms with van der Waals surface area (Å²) in [6.45, 7) is 0. The highest BCUT2D eigenvalue weighted by atomic mass is 19.4. The highest BCUT2D eigenvalue weighted by Crippen LogP contribution is 2.49. The number of hydrogen-bond acceptors (Lipinski definition) is 3. The Labute approximate surface area is 96.3 Å². The summed E-state index contributed by atoms with van der Waals surface area (Å²) in [7, 11) is 0. The van der Waals surface area contributed by atoms with E-state index in [-0.39, 0.29) is 0 Å². The van der Waals surface area contributed by atoms with Crippen molar-refractivity contribution in [3.8, 4) is 0 Å². The van der Waals surface area contributed by atoms with Gasteiger partial charge in [-0.1, -0.05) is 0 Å². The van der Waals surface area contributed by atoms with Gasteiger partial charge < -0.3 is 15.2 Å². The van der Waals surface area contributed by atoms with Gasteiger partial charge in [-0.2, -0.15) is 22.0 Å². The summed E-state index contributed by atoms with van der Waals surface area (Å²) in [5.41, 5.74) is -4.00. The fourth-order valence-corrected chi connectivity index (χ4v) is 1.29. The molecular weight excluding hydrogens is 267 g/mol. The summed E-state index contributed by atoms with van der Waals surface area (Å²) in [5, 5.41) is 17.8. The van der Waals surface area contributed by atoms with Gasteiger partial charge in [0.25, 0.3) is 0 Å². The Balaban J connectivity index is 3.34. The number of imidazole rings is 1. The first kappa shape index (κ1) is 14.4. The lowest BCUT2D eigenvalue weighted by atomic mass is 9.90. The number of nitrogens with one attached hydrogen (secondary N) is 1. The van der Waals surface area contributed by atoms with E-state index in [0.29, 0.717) is 0 Å². The smallest absolute Gasteiger partial charge is 0.456 e. The molecule has 0 aromatic carbocycles. The van der Waals surface area contributed by atoms with Crippen molar-refractivity contribution in [2.24, 2.45) is 0 Å². The molecule has 1 atom stereocenters. The molecule has 0 amide bonds. The zero-order valence-corrected chi connectivity index (χ0v) is 8.50. The second-order valence-corrected chi connectivity index (χ2v) is 3.44. The Morgan fingerprint density at radius 1 is 1.33 bits per heavy atom. The minimum atomic E-state index is -6.12. The number of nitrogens with zero attached hydrogens (tertiary/aromatic N) is 1. The number of alkyl halides is 5. The number of aromatic amines is 1. The Morgan fingerprint density at radius 3 is 2.22 bits per heavy atom. The molecule has 0 bridgehead atoms. The summed E-state index contributed by atoms with van der Waals surface area (Å²) in [5.74, 6) is -8.87. The lowest BCUT2D eigenvalue weighted by Gasteiger charge is -2.34. The first-order valence-electron chi connectivity index (χ1n) is 4.41. The van der Waals surface area contributed by atoms with Crippen molar-refractivity contribution in [2.45, 2.75) is 24.1 Å². The first-order chi connectivity index (χ1) is 8.02. The van der Waals surface area contributed by atoms with Crippen LogP contribution in [0.5, 0.6) is 0 Å². The van der Waals surface area contributed by atoms with Crippen LogP contribution in [0.4, 0.5) is 22.0 Å².